The Kier molecular flexibility index (Phi) is 4.23. The van der Waals surface area contributed by atoms with Crippen LogP contribution in [0.4, 0.5) is 10.2 Å². The monoisotopic (exact) mass is 392 g/mol. The van der Waals surface area contributed by atoms with Crippen molar-refractivity contribution in [2.45, 2.75) is 44.8 Å². The number of benzene rings is 1. The van der Waals surface area contributed by atoms with Gasteiger partial charge in [-0.25, -0.2) is 9.37 Å². The van der Waals surface area contributed by atoms with Crippen molar-refractivity contribution in [2.75, 3.05) is 4.90 Å². The van der Waals surface area contributed by atoms with Gasteiger partial charge in [-0.1, -0.05) is 24.6 Å². The zero-order valence-electron chi connectivity index (χ0n) is 16.1. The van der Waals surface area contributed by atoms with Crippen molar-refractivity contribution in [3.05, 3.63) is 70.9 Å². The van der Waals surface area contributed by atoms with Gasteiger partial charge in [0.2, 0.25) is 0 Å². The van der Waals surface area contributed by atoms with E-state index in [4.69, 9.17) is 4.74 Å². The molecule has 6 heteroatoms. The number of pyridine rings is 1. The van der Waals surface area contributed by atoms with Crippen molar-refractivity contribution < 1.29 is 18.7 Å². The van der Waals surface area contributed by atoms with E-state index < -0.39 is 17.8 Å². The molecule has 5 rings (SSSR count). The maximum Gasteiger partial charge on any atom is 0.295 e. The van der Waals surface area contributed by atoms with Crippen LogP contribution in [0.15, 0.2) is 53.9 Å². The summed E-state index contributed by atoms with van der Waals surface area (Å²) in [6, 6.07) is 8.98. The standard InChI is InChI=1S/C23H21FN2O3/c1-13-10-11-25-18(12-13)26-20(14-6-2-4-8-16(14)24)19-21(27)15-7-3-5-9-17(15)29-22(19)23(26)28/h2,4,6,8,10-12,15,17,20H,3,5,7,9H2,1H3. The highest BCUT2D eigenvalue weighted by molar-refractivity contribution is 6.17. The Morgan fingerprint density at radius 2 is 1.93 bits per heavy atom. The Labute approximate surface area is 168 Å². The molecular weight excluding hydrogens is 371 g/mol. The molecule has 1 fully saturated rings. The number of amides is 1. The zero-order valence-corrected chi connectivity index (χ0v) is 16.1. The summed E-state index contributed by atoms with van der Waals surface area (Å²) in [5.74, 6) is -0.798. The summed E-state index contributed by atoms with van der Waals surface area (Å²) in [5.41, 5.74) is 1.47. The number of carbonyl (C=O) groups is 2. The zero-order chi connectivity index (χ0) is 20.1. The van der Waals surface area contributed by atoms with Gasteiger partial charge in [0.15, 0.2) is 11.5 Å². The molecule has 2 aromatic rings. The van der Waals surface area contributed by atoms with E-state index in [9.17, 15) is 14.0 Å². The van der Waals surface area contributed by atoms with Gasteiger partial charge in [0.1, 0.15) is 17.7 Å². The number of fused-ring (bicyclic) bond motifs is 1. The summed E-state index contributed by atoms with van der Waals surface area (Å²) in [7, 11) is 0. The normalized spacial score (nSPS) is 26.3. The van der Waals surface area contributed by atoms with Crippen LogP contribution in [-0.2, 0) is 14.3 Å². The predicted octanol–water partition coefficient (Wildman–Crippen LogP) is 4.03. The number of carbonyl (C=O) groups excluding carboxylic acids is 2. The van der Waals surface area contributed by atoms with Gasteiger partial charge in [0, 0.05) is 11.8 Å². The summed E-state index contributed by atoms with van der Waals surface area (Å²) in [4.78, 5) is 32.6. The first kappa shape index (κ1) is 18.0. The van der Waals surface area contributed by atoms with E-state index in [0.29, 0.717) is 5.82 Å². The average molecular weight is 392 g/mol. The molecule has 1 amide bonds. The summed E-state index contributed by atoms with van der Waals surface area (Å²) < 4.78 is 20.9. The Bertz CT molecular complexity index is 1050. The van der Waals surface area contributed by atoms with Crippen LogP contribution >= 0.6 is 0 Å². The van der Waals surface area contributed by atoms with E-state index in [1.807, 2.05) is 13.0 Å². The molecule has 3 unspecified atom stereocenters. The van der Waals surface area contributed by atoms with Crippen LogP contribution in [0.25, 0.3) is 0 Å². The lowest BCUT2D eigenvalue weighted by atomic mass is 9.77. The average Bonchev–Trinajstić information content (AvgIpc) is 3.01. The third-order valence-electron chi connectivity index (χ3n) is 6.11. The van der Waals surface area contributed by atoms with E-state index >= 15 is 0 Å². The van der Waals surface area contributed by atoms with E-state index in [-0.39, 0.29) is 34.7 Å². The Balaban J connectivity index is 1.69. The van der Waals surface area contributed by atoms with Crippen LogP contribution in [0, 0.1) is 18.7 Å². The number of ether oxygens (including phenoxy) is 1. The molecule has 29 heavy (non-hydrogen) atoms. The van der Waals surface area contributed by atoms with Crippen LogP contribution in [0.3, 0.4) is 0 Å². The minimum absolute atomic E-state index is 0.0645. The van der Waals surface area contributed by atoms with Crippen LogP contribution in [0.1, 0.15) is 42.9 Å². The van der Waals surface area contributed by atoms with Gasteiger partial charge in [-0.15, -0.1) is 0 Å². The summed E-state index contributed by atoms with van der Waals surface area (Å²) in [6.07, 6.45) is 4.77. The van der Waals surface area contributed by atoms with Gasteiger partial charge >= 0.3 is 0 Å². The van der Waals surface area contributed by atoms with Crippen LogP contribution in [-0.4, -0.2) is 22.8 Å². The maximum absolute atomic E-state index is 14.8. The molecule has 1 aromatic heterocycles. The molecule has 148 valence electrons. The fraction of sp³-hybridized carbons (Fsp3) is 0.348. The third kappa shape index (κ3) is 2.77. The number of aromatic nitrogens is 1. The van der Waals surface area contributed by atoms with E-state index in [1.165, 1.54) is 11.0 Å². The topological polar surface area (TPSA) is 59.5 Å². The Morgan fingerprint density at radius 3 is 2.72 bits per heavy atom. The largest absolute Gasteiger partial charge is 0.483 e. The molecule has 3 heterocycles. The van der Waals surface area contributed by atoms with E-state index in [0.717, 1.165) is 31.2 Å². The molecule has 1 aromatic carbocycles. The third-order valence-corrected chi connectivity index (χ3v) is 6.11. The maximum atomic E-state index is 14.8. The van der Waals surface area contributed by atoms with Gasteiger partial charge in [0.25, 0.3) is 5.91 Å². The first-order chi connectivity index (χ1) is 14.1. The van der Waals surface area contributed by atoms with Crippen molar-refractivity contribution >= 4 is 17.5 Å². The van der Waals surface area contributed by atoms with E-state index in [1.54, 1.807) is 30.5 Å². The van der Waals surface area contributed by atoms with Crippen molar-refractivity contribution in [3.8, 4) is 0 Å². The molecule has 3 atom stereocenters. The number of ketones is 1. The SMILES string of the molecule is Cc1ccnc(N2C(=O)C3=C(C(=O)C4CCCCC4O3)C2c2ccccc2F)c1. The number of aryl methyl sites for hydroxylation is 1. The predicted molar refractivity (Wildman–Crippen MR) is 104 cm³/mol. The van der Waals surface area contributed by atoms with Gasteiger partial charge in [-0.2, -0.15) is 0 Å². The summed E-state index contributed by atoms with van der Waals surface area (Å²) in [6.45, 7) is 1.90. The first-order valence-corrected chi connectivity index (χ1v) is 10.0. The molecule has 0 N–H and O–H groups in total. The quantitative estimate of drug-likeness (QED) is 0.774. The molecule has 0 radical (unpaired) electrons. The lowest BCUT2D eigenvalue weighted by Crippen LogP contribution is -2.39. The number of hydrogen-bond donors (Lipinski definition) is 0. The van der Waals surface area contributed by atoms with E-state index in [2.05, 4.69) is 4.98 Å². The lowest BCUT2D eigenvalue weighted by molar-refractivity contribution is -0.131. The van der Waals surface area contributed by atoms with Crippen LogP contribution in [0.2, 0.25) is 0 Å². The van der Waals surface area contributed by atoms with Crippen LogP contribution in [0.5, 0.6) is 0 Å². The second-order valence-electron chi connectivity index (χ2n) is 7.94. The number of anilines is 1. The summed E-state index contributed by atoms with van der Waals surface area (Å²) >= 11 is 0. The van der Waals surface area contributed by atoms with Crippen LogP contribution < -0.4 is 4.90 Å². The molecule has 0 spiro atoms. The molecule has 2 aliphatic heterocycles. The highest BCUT2D eigenvalue weighted by Gasteiger charge is 2.53. The molecule has 0 saturated heterocycles. The Morgan fingerprint density at radius 1 is 1.14 bits per heavy atom. The molecule has 1 aliphatic carbocycles. The number of rotatable bonds is 2. The van der Waals surface area contributed by atoms with Gasteiger partial charge in [0.05, 0.1) is 17.5 Å². The second-order valence-corrected chi connectivity index (χ2v) is 7.94. The number of Topliss-reactive ketones (excluding diaryl/α,β-unsaturated/α-hetero) is 1. The second kappa shape index (κ2) is 6.79. The molecule has 0 bridgehead atoms. The smallest absolute Gasteiger partial charge is 0.295 e. The Hall–Kier alpha value is -3.02. The molecular formula is C23H21FN2O3. The summed E-state index contributed by atoms with van der Waals surface area (Å²) in [5, 5.41) is 0. The van der Waals surface area contributed by atoms with Gasteiger partial charge in [-0.3, -0.25) is 14.5 Å². The molecule has 3 aliphatic rings. The number of hydrogen-bond acceptors (Lipinski definition) is 4. The molecule has 5 nitrogen and oxygen atoms in total. The highest BCUT2D eigenvalue weighted by Crippen LogP contribution is 2.48. The number of halogens is 1. The van der Waals surface area contributed by atoms with Crippen molar-refractivity contribution in [3.63, 3.8) is 0 Å². The fourth-order valence-electron chi connectivity index (χ4n) is 4.72. The molecule has 1 saturated carbocycles. The van der Waals surface area contributed by atoms with Gasteiger partial charge < -0.3 is 4.74 Å². The van der Waals surface area contributed by atoms with Crippen molar-refractivity contribution in [1.82, 2.24) is 4.98 Å². The number of nitrogens with zero attached hydrogens (tertiary/aromatic N) is 2. The van der Waals surface area contributed by atoms with Crippen molar-refractivity contribution in [2.24, 2.45) is 5.92 Å². The van der Waals surface area contributed by atoms with Gasteiger partial charge in [-0.05, 0) is 49.9 Å². The lowest BCUT2D eigenvalue weighted by Gasteiger charge is -2.35. The van der Waals surface area contributed by atoms with Crippen molar-refractivity contribution in [1.29, 1.82) is 0 Å². The minimum atomic E-state index is -0.872. The fourth-order valence-corrected chi connectivity index (χ4v) is 4.72. The highest BCUT2D eigenvalue weighted by atomic mass is 19.1. The minimum Gasteiger partial charge on any atom is -0.483 e. The first-order valence-electron chi connectivity index (χ1n) is 10.0.